The zero-order chi connectivity index (χ0) is 13.4. The van der Waals surface area contributed by atoms with Crippen molar-refractivity contribution in [1.82, 2.24) is 0 Å². The summed E-state index contributed by atoms with van der Waals surface area (Å²) < 4.78 is 0. The van der Waals surface area contributed by atoms with Crippen LogP contribution in [0.2, 0.25) is 0 Å². The lowest BCUT2D eigenvalue weighted by Crippen LogP contribution is -2.40. The van der Waals surface area contributed by atoms with E-state index >= 15 is 0 Å². The number of aromatic hydroxyl groups is 1. The number of hydrogen-bond acceptors (Lipinski definition) is 3. The summed E-state index contributed by atoms with van der Waals surface area (Å²) in [6.45, 7) is 0. The van der Waals surface area contributed by atoms with Gasteiger partial charge in [-0.1, -0.05) is 19.3 Å². The topological polar surface area (TPSA) is 69.6 Å². The molecule has 0 amide bonds. The van der Waals surface area contributed by atoms with Gasteiger partial charge in [-0.15, -0.1) is 0 Å². The largest absolute Gasteiger partial charge is 0.508 e. The van der Waals surface area contributed by atoms with E-state index < -0.39 is 11.9 Å². The van der Waals surface area contributed by atoms with Gasteiger partial charge in [0.25, 0.3) is 0 Å². The minimum Gasteiger partial charge on any atom is -0.508 e. The van der Waals surface area contributed by atoms with Gasteiger partial charge in [-0.3, -0.25) is 4.79 Å². The summed E-state index contributed by atoms with van der Waals surface area (Å²) in [7, 11) is 0. The molecular weight excluding hydrogens is 242 g/mol. The predicted molar refractivity (Wildman–Crippen MR) is 72.5 cm³/mol. The lowest BCUT2D eigenvalue weighted by atomic mass is 9.75. The van der Waals surface area contributed by atoms with Crippen LogP contribution in [0, 0.1) is 5.92 Å². The van der Waals surface area contributed by atoms with Crippen LogP contribution in [0.3, 0.4) is 0 Å². The first-order chi connectivity index (χ1) is 9.16. The van der Waals surface area contributed by atoms with E-state index in [1.165, 1.54) is 6.42 Å². The molecule has 1 aliphatic heterocycles. The number of carbonyl (C=O) groups is 1. The third-order valence-corrected chi connectivity index (χ3v) is 4.47. The molecule has 1 aromatic carbocycles. The van der Waals surface area contributed by atoms with Gasteiger partial charge >= 0.3 is 5.97 Å². The van der Waals surface area contributed by atoms with E-state index in [0.717, 1.165) is 36.9 Å². The lowest BCUT2D eigenvalue weighted by molar-refractivity contribution is -0.140. The van der Waals surface area contributed by atoms with Crippen molar-refractivity contribution in [2.24, 2.45) is 5.92 Å². The number of phenols is 1. The Labute approximate surface area is 112 Å². The molecule has 2 aliphatic rings. The molecule has 4 heteroatoms. The molecule has 1 fully saturated rings. The highest BCUT2D eigenvalue weighted by molar-refractivity contribution is 5.81. The Bertz CT molecular complexity index is 500. The fraction of sp³-hybridized carbons (Fsp3) is 0.533. The third-order valence-electron chi connectivity index (χ3n) is 4.47. The number of hydrogen-bond donors (Lipinski definition) is 3. The molecular formula is C15H19NO3. The molecule has 4 nitrogen and oxygen atoms in total. The molecule has 0 radical (unpaired) electrons. The summed E-state index contributed by atoms with van der Waals surface area (Å²) in [6, 6.07) is 5.26. The van der Waals surface area contributed by atoms with E-state index in [2.05, 4.69) is 5.32 Å². The molecule has 3 rings (SSSR count). The number of benzene rings is 1. The van der Waals surface area contributed by atoms with Crippen LogP contribution in [0.1, 0.15) is 43.6 Å². The normalized spacial score (nSPS) is 29.6. The van der Waals surface area contributed by atoms with E-state index in [4.69, 9.17) is 0 Å². The first-order valence-corrected chi connectivity index (χ1v) is 6.99. The fourth-order valence-electron chi connectivity index (χ4n) is 3.60. The molecule has 0 aromatic heterocycles. The van der Waals surface area contributed by atoms with Crippen molar-refractivity contribution in [2.45, 2.75) is 44.1 Å². The smallest absolute Gasteiger partial charge is 0.311 e. The second kappa shape index (κ2) is 4.76. The van der Waals surface area contributed by atoms with E-state index in [-0.39, 0.29) is 17.7 Å². The van der Waals surface area contributed by atoms with Gasteiger partial charge in [0.05, 0.1) is 5.92 Å². The Balaban J connectivity index is 2.05. The van der Waals surface area contributed by atoms with Crippen LogP contribution in [0.25, 0.3) is 0 Å². The van der Waals surface area contributed by atoms with Crippen molar-refractivity contribution in [3.05, 3.63) is 23.8 Å². The van der Waals surface area contributed by atoms with Crippen LogP contribution in [0.4, 0.5) is 5.69 Å². The maximum atomic E-state index is 11.7. The van der Waals surface area contributed by atoms with E-state index in [1.807, 2.05) is 0 Å². The molecule has 1 saturated carbocycles. The van der Waals surface area contributed by atoms with Crippen molar-refractivity contribution in [1.29, 1.82) is 0 Å². The van der Waals surface area contributed by atoms with E-state index in [0.29, 0.717) is 0 Å². The zero-order valence-electron chi connectivity index (χ0n) is 10.8. The summed E-state index contributed by atoms with van der Waals surface area (Å²) in [5, 5.41) is 22.7. The molecule has 0 saturated heterocycles. The monoisotopic (exact) mass is 261 g/mol. The molecule has 1 heterocycles. The lowest BCUT2D eigenvalue weighted by Gasteiger charge is -2.38. The maximum absolute atomic E-state index is 11.7. The zero-order valence-corrected chi connectivity index (χ0v) is 10.8. The fourth-order valence-corrected chi connectivity index (χ4v) is 3.60. The highest BCUT2D eigenvalue weighted by atomic mass is 16.4. The third kappa shape index (κ3) is 2.15. The van der Waals surface area contributed by atoms with Crippen molar-refractivity contribution in [3.63, 3.8) is 0 Å². The number of fused-ring (bicyclic) bond motifs is 2. The van der Waals surface area contributed by atoms with Crippen molar-refractivity contribution < 1.29 is 15.0 Å². The minimum atomic E-state index is -0.773. The first kappa shape index (κ1) is 12.3. The van der Waals surface area contributed by atoms with Crippen LogP contribution < -0.4 is 5.32 Å². The maximum Gasteiger partial charge on any atom is 0.311 e. The van der Waals surface area contributed by atoms with Crippen molar-refractivity contribution in [3.8, 4) is 5.75 Å². The number of carboxylic acid groups (broad SMARTS) is 1. The summed E-state index contributed by atoms with van der Waals surface area (Å²) in [6.07, 6.45) is 5.43. The molecule has 102 valence electrons. The van der Waals surface area contributed by atoms with E-state index in [9.17, 15) is 15.0 Å². The van der Waals surface area contributed by atoms with Gasteiger partial charge < -0.3 is 15.5 Å². The first-order valence-electron chi connectivity index (χ1n) is 6.99. The van der Waals surface area contributed by atoms with E-state index in [1.54, 1.807) is 18.2 Å². The van der Waals surface area contributed by atoms with Gasteiger partial charge in [0.1, 0.15) is 5.75 Å². The Hall–Kier alpha value is -1.71. The number of nitrogens with one attached hydrogen (secondary N) is 1. The second-order valence-electron chi connectivity index (χ2n) is 5.64. The average molecular weight is 261 g/mol. The molecule has 3 unspecified atom stereocenters. The molecule has 3 atom stereocenters. The Morgan fingerprint density at radius 1 is 1.21 bits per heavy atom. The number of anilines is 1. The number of aliphatic carboxylic acids is 1. The van der Waals surface area contributed by atoms with Crippen LogP contribution in [-0.4, -0.2) is 22.2 Å². The quantitative estimate of drug-likeness (QED) is 0.680. The van der Waals surface area contributed by atoms with Crippen LogP contribution in [0.5, 0.6) is 5.75 Å². The van der Waals surface area contributed by atoms with Gasteiger partial charge in [-0.2, -0.15) is 0 Å². The van der Waals surface area contributed by atoms with Crippen molar-refractivity contribution in [2.75, 3.05) is 5.32 Å². The summed E-state index contributed by atoms with van der Waals surface area (Å²) in [5.41, 5.74) is 1.60. The van der Waals surface area contributed by atoms with Crippen LogP contribution in [-0.2, 0) is 4.79 Å². The molecule has 1 aromatic rings. The van der Waals surface area contributed by atoms with Crippen LogP contribution >= 0.6 is 0 Å². The number of phenolic OH excluding ortho intramolecular Hbond substituents is 1. The second-order valence-corrected chi connectivity index (χ2v) is 5.64. The Morgan fingerprint density at radius 3 is 2.79 bits per heavy atom. The summed E-state index contributed by atoms with van der Waals surface area (Å²) in [5.74, 6) is -0.995. The van der Waals surface area contributed by atoms with Gasteiger partial charge in [-0.05, 0) is 42.5 Å². The number of rotatable bonds is 1. The predicted octanol–water partition coefficient (Wildman–Crippen LogP) is 2.93. The Kier molecular flexibility index (Phi) is 3.09. The summed E-state index contributed by atoms with van der Waals surface area (Å²) >= 11 is 0. The van der Waals surface area contributed by atoms with Crippen molar-refractivity contribution >= 4 is 11.7 Å². The van der Waals surface area contributed by atoms with Gasteiger partial charge in [0, 0.05) is 11.7 Å². The molecule has 19 heavy (non-hydrogen) atoms. The standard InChI is InChI=1S/C15H19NO3/c17-9-6-7-13-11(8-9)14(15(18)19)10-4-2-1-3-5-12(10)16-13/h6-8,10,12,14,16-17H,1-5H2,(H,18,19). The minimum absolute atomic E-state index is 0.134. The van der Waals surface area contributed by atoms with Gasteiger partial charge in [0.2, 0.25) is 0 Å². The molecule has 0 spiro atoms. The molecule has 1 aliphatic carbocycles. The molecule has 3 N–H and O–H groups in total. The SMILES string of the molecule is O=C(O)C1c2cc(O)ccc2NC2CCCCCC21. The Morgan fingerprint density at radius 2 is 2.00 bits per heavy atom. The average Bonchev–Trinajstić information content (AvgIpc) is 2.60. The highest BCUT2D eigenvalue weighted by Gasteiger charge is 2.41. The molecule has 0 bridgehead atoms. The van der Waals surface area contributed by atoms with Gasteiger partial charge in [0.15, 0.2) is 0 Å². The summed E-state index contributed by atoms with van der Waals surface area (Å²) in [4.78, 5) is 11.7. The highest BCUT2D eigenvalue weighted by Crippen LogP contribution is 2.44. The van der Waals surface area contributed by atoms with Crippen LogP contribution in [0.15, 0.2) is 18.2 Å². The van der Waals surface area contributed by atoms with Gasteiger partial charge in [-0.25, -0.2) is 0 Å². The number of carboxylic acids is 1.